The Hall–Kier alpha value is -2.94. The van der Waals surface area contributed by atoms with E-state index in [1.807, 2.05) is 30.3 Å². The third-order valence-corrected chi connectivity index (χ3v) is 3.64. The molecule has 3 rings (SSSR count). The molecule has 1 aliphatic rings. The van der Waals surface area contributed by atoms with Gasteiger partial charge in [-0.15, -0.1) is 0 Å². The number of rotatable bonds is 6. The maximum atomic E-state index is 11.3. The number of nitro groups is 1. The molecule has 0 aliphatic carbocycles. The summed E-state index contributed by atoms with van der Waals surface area (Å²) < 4.78 is 5.51. The molecule has 2 aromatic rings. The van der Waals surface area contributed by atoms with Crippen LogP contribution in [0.15, 0.2) is 30.3 Å². The number of para-hydroxylation sites is 1. The molecule has 9 heteroatoms. The molecule has 4 N–H and O–H groups in total. The van der Waals surface area contributed by atoms with Crippen LogP contribution in [0.3, 0.4) is 0 Å². The van der Waals surface area contributed by atoms with Gasteiger partial charge in [0.25, 0.3) is 0 Å². The molecule has 1 unspecified atom stereocenters. The molecule has 1 aromatic heterocycles. The normalized spacial score (nSPS) is 16.8. The zero-order valence-corrected chi connectivity index (χ0v) is 12.9. The standard InChI is InChI=1S/C15H18N6O3/c16-13-12(21(22)23)14(17-9-11-7-4-8-24-11)20-15(19-13)18-10-5-2-1-3-6-10/h1-3,5-6,11H,4,7-9H2,(H4,16,17,18,19,20). The van der Waals surface area contributed by atoms with Crippen LogP contribution in [0, 0.1) is 10.1 Å². The summed E-state index contributed by atoms with van der Waals surface area (Å²) in [6.45, 7) is 1.14. The predicted molar refractivity (Wildman–Crippen MR) is 90.3 cm³/mol. The SMILES string of the molecule is Nc1nc(Nc2ccccc2)nc(NCC2CCCO2)c1[N+](=O)[O-]. The summed E-state index contributed by atoms with van der Waals surface area (Å²) in [5.74, 6) is 0.0869. The molecular formula is C15H18N6O3. The summed E-state index contributed by atoms with van der Waals surface area (Å²) in [4.78, 5) is 18.9. The lowest BCUT2D eigenvalue weighted by atomic mass is 10.2. The van der Waals surface area contributed by atoms with Crippen LogP contribution in [0.4, 0.5) is 29.0 Å². The quantitative estimate of drug-likeness (QED) is 0.543. The number of aromatic nitrogens is 2. The Morgan fingerprint density at radius 2 is 2.12 bits per heavy atom. The molecule has 1 aliphatic heterocycles. The second-order valence-electron chi connectivity index (χ2n) is 5.39. The molecule has 9 nitrogen and oxygen atoms in total. The Balaban J connectivity index is 1.84. The van der Waals surface area contributed by atoms with Gasteiger partial charge in [0, 0.05) is 18.8 Å². The van der Waals surface area contributed by atoms with Crippen LogP contribution in [0.5, 0.6) is 0 Å². The molecule has 1 fully saturated rings. The van der Waals surface area contributed by atoms with Crippen LogP contribution >= 0.6 is 0 Å². The maximum absolute atomic E-state index is 11.3. The van der Waals surface area contributed by atoms with Gasteiger partial charge in [-0.05, 0) is 25.0 Å². The lowest BCUT2D eigenvalue weighted by Crippen LogP contribution is -2.20. The lowest BCUT2D eigenvalue weighted by Gasteiger charge is -2.13. The highest BCUT2D eigenvalue weighted by molar-refractivity contribution is 5.71. The van der Waals surface area contributed by atoms with E-state index in [0.29, 0.717) is 13.2 Å². The molecule has 2 heterocycles. The molecule has 1 aromatic carbocycles. The number of hydrogen-bond acceptors (Lipinski definition) is 8. The molecule has 126 valence electrons. The highest BCUT2D eigenvalue weighted by Gasteiger charge is 2.24. The van der Waals surface area contributed by atoms with Gasteiger partial charge in [0.1, 0.15) is 0 Å². The second-order valence-corrected chi connectivity index (χ2v) is 5.39. The zero-order chi connectivity index (χ0) is 16.9. The van der Waals surface area contributed by atoms with E-state index < -0.39 is 4.92 Å². The number of nitrogens with one attached hydrogen (secondary N) is 2. The third-order valence-electron chi connectivity index (χ3n) is 3.64. The minimum absolute atomic E-state index is 0.0197. The van der Waals surface area contributed by atoms with Crippen LogP contribution in [-0.2, 0) is 4.74 Å². The van der Waals surface area contributed by atoms with Crippen molar-refractivity contribution in [3.63, 3.8) is 0 Å². The number of anilines is 4. The van der Waals surface area contributed by atoms with Crippen molar-refractivity contribution in [3.05, 3.63) is 40.4 Å². The summed E-state index contributed by atoms with van der Waals surface area (Å²) in [5, 5.41) is 17.2. The fourth-order valence-corrected chi connectivity index (χ4v) is 2.50. The first-order valence-corrected chi connectivity index (χ1v) is 7.63. The Labute approximate surface area is 138 Å². The molecule has 0 radical (unpaired) electrons. The van der Waals surface area contributed by atoms with Gasteiger partial charge in [-0.3, -0.25) is 10.1 Å². The average molecular weight is 330 g/mol. The van der Waals surface area contributed by atoms with E-state index in [4.69, 9.17) is 10.5 Å². The first-order valence-electron chi connectivity index (χ1n) is 7.63. The number of ether oxygens (including phenoxy) is 1. The molecule has 24 heavy (non-hydrogen) atoms. The van der Waals surface area contributed by atoms with E-state index in [-0.39, 0.29) is 29.4 Å². The van der Waals surface area contributed by atoms with Gasteiger partial charge in [-0.1, -0.05) is 18.2 Å². The Morgan fingerprint density at radius 3 is 2.79 bits per heavy atom. The zero-order valence-electron chi connectivity index (χ0n) is 12.9. The number of nitrogen functional groups attached to an aromatic ring is 1. The monoisotopic (exact) mass is 330 g/mol. The molecule has 0 spiro atoms. The number of nitrogens with zero attached hydrogens (tertiary/aromatic N) is 3. The Morgan fingerprint density at radius 1 is 1.33 bits per heavy atom. The van der Waals surface area contributed by atoms with Crippen LogP contribution in [0.25, 0.3) is 0 Å². The molecule has 0 saturated carbocycles. The van der Waals surface area contributed by atoms with Gasteiger partial charge < -0.3 is 21.1 Å². The van der Waals surface area contributed by atoms with Crippen LogP contribution in [0.1, 0.15) is 12.8 Å². The van der Waals surface area contributed by atoms with Gasteiger partial charge in [0.2, 0.25) is 17.6 Å². The summed E-state index contributed by atoms with van der Waals surface area (Å²) in [6, 6.07) is 9.26. The van der Waals surface area contributed by atoms with Gasteiger partial charge in [0.15, 0.2) is 0 Å². The van der Waals surface area contributed by atoms with E-state index >= 15 is 0 Å². The van der Waals surface area contributed by atoms with Crippen molar-refractivity contribution in [1.82, 2.24) is 9.97 Å². The first-order chi connectivity index (χ1) is 11.6. The Kier molecular flexibility index (Phi) is 4.71. The number of benzene rings is 1. The highest BCUT2D eigenvalue weighted by Crippen LogP contribution is 2.30. The minimum atomic E-state index is -0.584. The van der Waals surface area contributed by atoms with Crippen molar-refractivity contribution < 1.29 is 9.66 Å². The van der Waals surface area contributed by atoms with E-state index in [9.17, 15) is 10.1 Å². The summed E-state index contributed by atoms with van der Waals surface area (Å²) in [6.07, 6.45) is 1.92. The summed E-state index contributed by atoms with van der Waals surface area (Å²) in [5.41, 5.74) is 6.19. The van der Waals surface area contributed by atoms with Crippen molar-refractivity contribution in [1.29, 1.82) is 0 Å². The van der Waals surface area contributed by atoms with Crippen molar-refractivity contribution in [2.45, 2.75) is 18.9 Å². The first kappa shape index (κ1) is 15.9. The Bertz CT molecular complexity index is 719. The molecular weight excluding hydrogens is 312 g/mol. The summed E-state index contributed by atoms with van der Waals surface area (Å²) in [7, 11) is 0. The largest absolute Gasteiger partial charge is 0.378 e. The molecule has 1 saturated heterocycles. The second kappa shape index (κ2) is 7.09. The third kappa shape index (κ3) is 3.69. The van der Waals surface area contributed by atoms with E-state index in [2.05, 4.69) is 20.6 Å². The van der Waals surface area contributed by atoms with E-state index in [1.54, 1.807) is 0 Å². The van der Waals surface area contributed by atoms with Crippen LogP contribution in [0.2, 0.25) is 0 Å². The topological polar surface area (TPSA) is 128 Å². The fraction of sp³-hybridized carbons (Fsp3) is 0.333. The van der Waals surface area contributed by atoms with Crippen LogP contribution < -0.4 is 16.4 Å². The van der Waals surface area contributed by atoms with Crippen LogP contribution in [-0.4, -0.2) is 34.1 Å². The average Bonchev–Trinajstić information content (AvgIpc) is 3.06. The van der Waals surface area contributed by atoms with E-state index in [0.717, 1.165) is 18.5 Å². The van der Waals surface area contributed by atoms with Gasteiger partial charge >= 0.3 is 5.69 Å². The summed E-state index contributed by atoms with van der Waals surface area (Å²) >= 11 is 0. The van der Waals surface area contributed by atoms with Crippen molar-refractivity contribution in [2.75, 3.05) is 29.5 Å². The van der Waals surface area contributed by atoms with Crippen molar-refractivity contribution in [2.24, 2.45) is 0 Å². The highest BCUT2D eigenvalue weighted by atomic mass is 16.6. The van der Waals surface area contributed by atoms with Crippen molar-refractivity contribution in [3.8, 4) is 0 Å². The number of hydrogen-bond donors (Lipinski definition) is 3. The predicted octanol–water partition coefficient (Wildman–Crippen LogP) is 2.30. The number of nitrogens with two attached hydrogens (primary N) is 1. The smallest absolute Gasteiger partial charge is 0.353 e. The lowest BCUT2D eigenvalue weighted by molar-refractivity contribution is -0.383. The molecule has 0 bridgehead atoms. The maximum Gasteiger partial charge on any atom is 0.353 e. The molecule has 0 amide bonds. The van der Waals surface area contributed by atoms with Gasteiger partial charge in [0.05, 0.1) is 11.0 Å². The minimum Gasteiger partial charge on any atom is -0.378 e. The van der Waals surface area contributed by atoms with Crippen molar-refractivity contribution >= 4 is 29.0 Å². The fourth-order valence-electron chi connectivity index (χ4n) is 2.50. The van der Waals surface area contributed by atoms with E-state index in [1.165, 1.54) is 0 Å². The van der Waals surface area contributed by atoms with Gasteiger partial charge in [-0.2, -0.15) is 9.97 Å². The van der Waals surface area contributed by atoms with Gasteiger partial charge in [-0.25, -0.2) is 0 Å². The molecule has 1 atom stereocenters.